The molecule has 3 heterocycles. The third kappa shape index (κ3) is 7.51. The molecule has 0 saturated carbocycles. The predicted molar refractivity (Wildman–Crippen MR) is 165 cm³/mol. The number of fused-ring (bicyclic) bond motifs is 1. The SMILES string of the molecule is CCOC(=O)N1c2ccc(OC)cc2[C@@H](N(Cc2cc(C(F)(F)F)cc(C(F)(F)F)c2)c2ncc(N3CCCCC3)cn2)C[C@H]1CC. The number of carbonyl (C=O) groups is 1. The van der Waals surface area contributed by atoms with Crippen LogP contribution < -0.4 is 19.4 Å². The number of ether oxygens (including phenoxy) is 2. The number of alkyl halides is 6. The molecule has 5 rings (SSSR count). The second kappa shape index (κ2) is 13.9. The van der Waals surface area contributed by atoms with Gasteiger partial charge in [-0.25, -0.2) is 14.8 Å². The van der Waals surface area contributed by atoms with Crippen LogP contribution in [0.2, 0.25) is 0 Å². The number of piperidine rings is 1. The van der Waals surface area contributed by atoms with Crippen molar-refractivity contribution in [1.29, 1.82) is 0 Å². The molecule has 2 aliphatic rings. The Labute approximate surface area is 269 Å². The Morgan fingerprint density at radius 1 is 0.936 bits per heavy atom. The minimum absolute atomic E-state index is 0.114. The van der Waals surface area contributed by atoms with Crippen molar-refractivity contribution in [3.05, 3.63) is 71.0 Å². The minimum Gasteiger partial charge on any atom is -0.497 e. The maximum Gasteiger partial charge on any atom is 0.416 e. The summed E-state index contributed by atoms with van der Waals surface area (Å²) in [5.41, 5.74) is -1.21. The molecule has 0 radical (unpaired) electrons. The lowest BCUT2D eigenvalue weighted by atomic mass is 9.88. The number of aromatic nitrogens is 2. The van der Waals surface area contributed by atoms with E-state index in [1.807, 2.05) is 6.92 Å². The third-order valence-corrected chi connectivity index (χ3v) is 8.63. The smallest absolute Gasteiger partial charge is 0.416 e. The van der Waals surface area contributed by atoms with E-state index in [1.165, 1.54) is 7.11 Å². The van der Waals surface area contributed by atoms with Gasteiger partial charge in [0.2, 0.25) is 5.95 Å². The molecule has 0 bridgehead atoms. The molecule has 1 fully saturated rings. The summed E-state index contributed by atoms with van der Waals surface area (Å²) in [4.78, 5) is 27.7. The lowest BCUT2D eigenvalue weighted by molar-refractivity contribution is -0.143. The van der Waals surface area contributed by atoms with Gasteiger partial charge in [-0.2, -0.15) is 26.3 Å². The predicted octanol–water partition coefficient (Wildman–Crippen LogP) is 8.41. The van der Waals surface area contributed by atoms with Gasteiger partial charge in [-0.05, 0) is 81.0 Å². The van der Waals surface area contributed by atoms with Crippen molar-refractivity contribution in [2.45, 2.75) is 76.9 Å². The lowest BCUT2D eigenvalue weighted by Crippen LogP contribution is -2.48. The van der Waals surface area contributed by atoms with Crippen molar-refractivity contribution in [3.63, 3.8) is 0 Å². The molecule has 8 nitrogen and oxygen atoms in total. The maximum atomic E-state index is 13.9. The highest BCUT2D eigenvalue weighted by Gasteiger charge is 2.41. The van der Waals surface area contributed by atoms with Crippen molar-refractivity contribution in [2.24, 2.45) is 0 Å². The molecule has 0 aliphatic carbocycles. The van der Waals surface area contributed by atoms with Crippen molar-refractivity contribution in [2.75, 3.05) is 41.5 Å². The summed E-state index contributed by atoms with van der Waals surface area (Å²) in [6.45, 7) is 4.99. The molecule has 2 aromatic carbocycles. The molecular weight excluding hydrogens is 628 g/mol. The quantitative estimate of drug-likeness (QED) is 0.224. The Hall–Kier alpha value is -4.23. The third-order valence-electron chi connectivity index (χ3n) is 8.63. The molecule has 254 valence electrons. The number of methoxy groups -OCH3 is 1. The van der Waals surface area contributed by atoms with Crippen LogP contribution in [0.5, 0.6) is 5.75 Å². The lowest BCUT2D eigenvalue weighted by Gasteiger charge is -2.44. The monoisotopic (exact) mass is 665 g/mol. The summed E-state index contributed by atoms with van der Waals surface area (Å²) in [5.74, 6) is 0.571. The zero-order chi connectivity index (χ0) is 33.9. The molecule has 1 aromatic heterocycles. The van der Waals surface area contributed by atoms with Gasteiger partial charge in [-0.3, -0.25) is 4.90 Å². The van der Waals surface area contributed by atoms with E-state index in [2.05, 4.69) is 14.9 Å². The average molecular weight is 666 g/mol. The second-order valence-corrected chi connectivity index (χ2v) is 11.6. The van der Waals surface area contributed by atoms with E-state index in [1.54, 1.807) is 47.3 Å². The molecule has 0 spiro atoms. The van der Waals surface area contributed by atoms with E-state index in [-0.39, 0.29) is 37.2 Å². The molecule has 1 saturated heterocycles. The normalized spacial score (nSPS) is 18.5. The van der Waals surface area contributed by atoms with Crippen molar-refractivity contribution in [1.82, 2.24) is 9.97 Å². The largest absolute Gasteiger partial charge is 0.497 e. The van der Waals surface area contributed by atoms with Crippen molar-refractivity contribution in [3.8, 4) is 5.75 Å². The van der Waals surface area contributed by atoms with Crippen LogP contribution in [0, 0.1) is 0 Å². The Balaban J connectivity index is 1.66. The standard InChI is InChI=1S/C33H37F6N5O3/c1-4-24-16-29(27-17-26(46-3)9-10-28(27)44(24)31(45)47-5-2)43(30-40-18-25(19-41-30)42-11-7-6-8-12-42)20-21-13-22(32(34,35)36)15-23(14-21)33(37,38)39/h9-10,13-15,17-19,24,29H,4-8,11-12,16,20H2,1-3H3/t24-,29+/m1/s1. The maximum absolute atomic E-state index is 13.9. The number of amides is 1. The van der Waals surface area contributed by atoms with E-state index in [9.17, 15) is 31.1 Å². The van der Waals surface area contributed by atoms with Crippen LogP contribution in [-0.2, 0) is 23.6 Å². The van der Waals surface area contributed by atoms with E-state index >= 15 is 0 Å². The highest BCUT2D eigenvalue weighted by Crippen LogP contribution is 2.45. The summed E-state index contributed by atoms with van der Waals surface area (Å²) in [6, 6.07) is 5.57. The topological polar surface area (TPSA) is 71.0 Å². The van der Waals surface area contributed by atoms with Gasteiger partial charge in [-0.15, -0.1) is 0 Å². The average Bonchev–Trinajstić information content (AvgIpc) is 3.06. The van der Waals surface area contributed by atoms with Crippen molar-refractivity contribution >= 4 is 23.4 Å². The van der Waals surface area contributed by atoms with Gasteiger partial charge in [0.25, 0.3) is 0 Å². The van der Waals surface area contributed by atoms with E-state index < -0.39 is 41.7 Å². The van der Waals surface area contributed by atoms with Crippen molar-refractivity contribution < 1.29 is 40.6 Å². The number of hydrogen-bond acceptors (Lipinski definition) is 7. The molecule has 14 heteroatoms. The number of anilines is 3. The van der Waals surface area contributed by atoms with E-state index in [0.29, 0.717) is 23.4 Å². The molecule has 3 aromatic rings. The zero-order valence-corrected chi connectivity index (χ0v) is 26.4. The van der Waals surface area contributed by atoms with Gasteiger partial charge in [0, 0.05) is 31.2 Å². The van der Waals surface area contributed by atoms with Gasteiger partial charge in [-0.1, -0.05) is 6.92 Å². The molecular formula is C33H37F6N5O3. The number of halogens is 6. The van der Waals surface area contributed by atoms with Crippen LogP contribution in [0.3, 0.4) is 0 Å². The van der Waals surface area contributed by atoms with Crippen LogP contribution in [0.25, 0.3) is 0 Å². The van der Waals surface area contributed by atoms with Gasteiger partial charge in [0.05, 0.1) is 54.7 Å². The number of hydrogen-bond donors (Lipinski definition) is 0. The van der Waals surface area contributed by atoms with Crippen LogP contribution in [0.4, 0.5) is 48.5 Å². The molecule has 0 unspecified atom stereocenters. The molecule has 0 N–H and O–H groups in total. The number of carbonyl (C=O) groups excluding carboxylic acids is 1. The Kier molecular flexibility index (Phi) is 10.1. The molecule has 1 amide bonds. The first-order valence-corrected chi connectivity index (χ1v) is 15.6. The fraction of sp³-hybridized carbons (Fsp3) is 0.485. The van der Waals surface area contributed by atoms with Crippen LogP contribution in [-0.4, -0.2) is 48.9 Å². The Morgan fingerprint density at radius 3 is 2.13 bits per heavy atom. The highest BCUT2D eigenvalue weighted by atomic mass is 19.4. The minimum atomic E-state index is -5.01. The number of rotatable bonds is 8. The summed E-state index contributed by atoms with van der Waals surface area (Å²) >= 11 is 0. The fourth-order valence-corrected chi connectivity index (χ4v) is 6.32. The second-order valence-electron chi connectivity index (χ2n) is 11.6. The molecule has 47 heavy (non-hydrogen) atoms. The van der Waals surface area contributed by atoms with Gasteiger partial charge < -0.3 is 19.3 Å². The highest BCUT2D eigenvalue weighted by molar-refractivity contribution is 5.90. The van der Waals surface area contributed by atoms with Crippen LogP contribution in [0.15, 0.2) is 48.8 Å². The molecule has 2 aliphatic heterocycles. The van der Waals surface area contributed by atoms with Crippen LogP contribution in [0.1, 0.15) is 74.2 Å². The first-order chi connectivity index (χ1) is 22.3. The Morgan fingerprint density at radius 2 is 1.57 bits per heavy atom. The number of benzene rings is 2. The summed E-state index contributed by atoms with van der Waals surface area (Å²) in [6.07, 6.45) is -3.42. The Bertz CT molecular complexity index is 1510. The zero-order valence-electron chi connectivity index (χ0n) is 26.4. The van der Waals surface area contributed by atoms with E-state index in [4.69, 9.17) is 9.47 Å². The van der Waals surface area contributed by atoms with Gasteiger partial charge in [0.1, 0.15) is 5.75 Å². The number of nitrogens with zero attached hydrogens (tertiary/aromatic N) is 5. The van der Waals surface area contributed by atoms with Gasteiger partial charge >= 0.3 is 18.4 Å². The fourth-order valence-electron chi connectivity index (χ4n) is 6.32. The van der Waals surface area contributed by atoms with Crippen LogP contribution >= 0.6 is 0 Å². The van der Waals surface area contributed by atoms with Gasteiger partial charge in [0.15, 0.2) is 0 Å². The first kappa shape index (κ1) is 34.1. The summed E-state index contributed by atoms with van der Waals surface area (Å²) in [5, 5.41) is 0. The first-order valence-electron chi connectivity index (χ1n) is 15.6. The van der Waals surface area contributed by atoms with E-state index in [0.717, 1.165) is 50.2 Å². The molecule has 2 atom stereocenters. The summed E-state index contributed by atoms with van der Waals surface area (Å²) in [7, 11) is 1.47. The summed E-state index contributed by atoms with van der Waals surface area (Å²) < 4.78 is 94.0.